The van der Waals surface area contributed by atoms with E-state index in [0.717, 1.165) is 31.9 Å². The number of thiazole rings is 1. The zero-order valence-electron chi connectivity index (χ0n) is 19.7. The number of carbonyl (C=O) groups excluding carboxylic acids is 3. The van der Waals surface area contributed by atoms with Crippen LogP contribution in [0.15, 0.2) is 23.1 Å². The van der Waals surface area contributed by atoms with E-state index in [-0.39, 0.29) is 40.7 Å². The maximum Gasteiger partial charge on any atom is 0.328 e. The Kier molecular flexibility index (Phi) is 8.89. The molecule has 0 saturated heterocycles. The molecule has 1 atom stereocenters. The zero-order valence-corrected chi connectivity index (χ0v) is 22.1. The van der Waals surface area contributed by atoms with Gasteiger partial charge in [-0.15, -0.1) is 0 Å². The summed E-state index contributed by atoms with van der Waals surface area (Å²) in [4.78, 5) is 41.7. The molecule has 190 valence electrons. The number of nitrogens with one attached hydrogen (secondary N) is 2. The molecule has 3 rings (SSSR count). The van der Waals surface area contributed by atoms with Crippen molar-refractivity contribution in [1.29, 1.82) is 0 Å². The van der Waals surface area contributed by atoms with Crippen LogP contribution >= 0.6 is 22.9 Å². The highest BCUT2D eigenvalue weighted by atomic mass is 35.5. The Bertz CT molecular complexity index is 1220. The lowest BCUT2D eigenvalue weighted by Gasteiger charge is -2.19. The standard InChI is InChI=1S/C23H28ClN3O6S2/c1-13-21(15-8-9-17(24)19(12-15)35(3,31)32)34-23(25-13)27-20(29)11-10-18(26-14(2)28)22(30)33-16-6-4-5-7-16/h8-9,12,16,18H,4-7,10-11H2,1-3H3,(H,26,28)(H,25,27,29)/t18-/m0/s1. The van der Waals surface area contributed by atoms with E-state index in [1.807, 2.05) is 0 Å². The van der Waals surface area contributed by atoms with Crippen LogP contribution in [0.3, 0.4) is 0 Å². The summed E-state index contributed by atoms with van der Waals surface area (Å²) in [6.45, 7) is 3.06. The number of hydrogen-bond donors (Lipinski definition) is 2. The average molecular weight is 542 g/mol. The van der Waals surface area contributed by atoms with Crippen LogP contribution in [0.5, 0.6) is 0 Å². The number of sulfone groups is 1. The van der Waals surface area contributed by atoms with E-state index in [4.69, 9.17) is 16.3 Å². The molecule has 1 heterocycles. The second-order valence-electron chi connectivity index (χ2n) is 8.53. The SMILES string of the molecule is CC(=O)N[C@@H](CCC(=O)Nc1nc(C)c(-c2ccc(Cl)c(S(C)(=O)=O)c2)s1)C(=O)OC1CCCC1. The van der Waals surface area contributed by atoms with E-state index in [1.165, 1.54) is 30.4 Å². The van der Waals surface area contributed by atoms with Crippen LogP contribution < -0.4 is 10.6 Å². The Morgan fingerprint density at radius 3 is 2.57 bits per heavy atom. The fourth-order valence-electron chi connectivity index (χ4n) is 3.85. The van der Waals surface area contributed by atoms with Crippen LogP contribution in [0.25, 0.3) is 10.4 Å². The number of aryl methyl sites for hydroxylation is 1. The van der Waals surface area contributed by atoms with Crippen molar-refractivity contribution >= 4 is 55.7 Å². The topological polar surface area (TPSA) is 132 Å². The van der Waals surface area contributed by atoms with Gasteiger partial charge in [0.05, 0.1) is 20.5 Å². The normalized spacial score (nSPS) is 15.0. The van der Waals surface area contributed by atoms with Gasteiger partial charge in [-0.1, -0.05) is 29.0 Å². The van der Waals surface area contributed by atoms with Gasteiger partial charge in [0.25, 0.3) is 0 Å². The summed E-state index contributed by atoms with van der Waals surface area (Å²) >= 11 is 7.23. The van der Waals surface area contributed by atoms with Gasteiger partial charge >= 0.3 is 5.97 Å². The van der Waals surface area contributed by atoms with Crippen LogP contribution in [0.2, 0.25) is 5.02 Å². The molecule has 1 aliphatic rings. The number of rotatable bonds is 9. The third-order valence-electron chi connectivity index (χ3n) is 5.54. The Balaban J connectivity index is 1.65. The van der Waals surface area contributed by atoms with Gasteiger partial charge in [-0.05, 0) is 56.7 Å². The van der Waals surface area contributed by atoms with Crippen molar-refractivity contribution in [3.05, 3.63) is 28.9 Å². The summed E-state index contributed by atoms with van der Waals surface area (Å²) in [5, 5.41) is 5.74. The maximum atomic E-state index is 12.6. The molecule has 2 amide bonds. The molecular formula is C23H28ClN3O6S2. The second-order valence-corrected chi connectivity index (χ2v) is 11.9. The van der Waals surface area contributed by atoms with Crippen molar-refractivity contribution in [2.45, 2.75) is 69.4 Å². The summed E-state index contributed by atoms with van der Waals surface area (Å²) in [6.07, 6.45) is 4.63. The first kappa shape index (κ1) is 27.1. The minimum atomic E-state index is -3.51. The van der Waals surface area contributed by atoms with E-state index in [1.54, 1.807) is 13.0 Å². The molecule has 1 aliphatic carbocycles. The van der Waals surface area contributed by atoms with Gasteiger partial charge in [0, 0.05) is 19.6 Å². The number of esters is 1. The van der Waals surface area contributed by atoms with Crippen molar-refractivity contribution in [3.63, 3.8) is 0 Å². The molecular weight excluding hydrogens is 514 g/mol. The monoisotopic (exact) mass is 541 g/mol. The third kappa shape index (κ3) is 7.49. The van der Waals surface area contributed by atoms with Gasteiger partial charge in [-0.2, -0.15) is 0 Å². The molecule has 2 N–H and O–H groups in total. The molecule has 0 unspecified atom stereocenters. The number of nitrogens with zero attached hydrogens (tertiary/aromatic N) is 1. The molecule has 0 bridgehead atoms. The first-order valence-corrected chi connectivity index (χ1v) is 14.3. The molecule has 1 aromatic carbocycles. The Morgan fingerprint density at radius 2 is 1.94 bits per heavy atom. The molecule has 1 fully saturated rings. The fourth-order valence-corrected chi connectivity index (χ4v) is 6.13. The Hall–Kier alpha value is -2.50. The van der Waals surface area contributed by atoms with Crippen molar-refractivity contribution in [2.24, 2.45) is 0 Å². The van der Waals surface area contributed by atoms with Gasteiger partial charge in [0.15, 0.2) is 15.0 Å². The van der Waals surface area contributed by atoms with Crippen LogP contribution in [0.4, 0.5) is 5.13 Å². The van der Waals surface area contributed by atoms with Crippen molar-refractivity contribution in [2.75, 3.05) is 11.6 Å². The molecule has 12 heteroatoms. The fraction of sp³-hybridized carbons (Fsp3) is 0.478. The number of halogens is 1. The minimum Gasteiger partial charge on any atom is -0.461 e. The van der Waals surface area contributed by atoms with Crippen LogP contribution in [0, 0.1) is 6.92 Å². The predicted octanol–water partition coefficient (Wildman–Crippen LogP) is 3.88. The van der Waals surface area contributed by atoms with E-state index in [9.17, 15) is 22.8 Å². The summed E-state index contributed by atoms with van der Waals surface area (Å²) < 4.78 is 29.5. The molecule has 0 radical (unpaired) electrons. The van der Waals surface area contributed by atoms with Crippen LogP contribution in [-0.4, -0.2) is 49.6 Å². The van der Waals surface area contributed by atoms with Gasteiger partial charge in [0.1, 0.15) is 12.1 Å². The number of carbonyl (C=O) groups is 3. The van der Waals surface area contributed by atoms with Gasteiger partial charge < -0.3 is 15.4 Å². The number of ether oxygens (including phenoxy) is 1. The van der Waals surface area contributed by atoms with E-state index >= 15 is 0 Å². The zero-order chi connectivity index (χ0) is 25.8. The van der Waals surface area contributed by atoms with E-state index in [2.05, 4.69) is 15.6 Å². The average Bonchev–Trinajstić information content (AvgIpc) is 3.39. The van der Waals surface area contributed by atoms with Gasteiger partial charge in [0.2, 0.25) is 11.8 Å². The van der Waals surface area contributed by atoms with E-state index < -0.39 is 21.8 Å². The second kappa shape index (κ2) is 11.5. The molecule has 9 nitrogen and oxygen atoms in total. The number of aromatic nitrogens is 1. The smallest absolute Gasteiger partial charge is 0.328 e. The van der Waals surface area contributed by atoms with E-state index in [0.29, 0.717) is 21.3 Å². The highest BCUT2D eigenvalue weighted by Crippen LogP contribution is 2.35. The van der Waals surface area contributed by atoms with Crippen molar-refractivity contribution < 1.29 is 27.5 Å². The molecule has 2 aromatic rings. The molecule has 1 saturated carbocycles. The highest BCUT2D eigenvalue weighted by molar-refractivity contribution is 7.90. The summed E-state index contributed by atoms with van der Waals surface area (Å²) in [6, 6.07) is 3.78. The lowest BCUT2D eigenvalue weighted by molar-refractivity contribution is -0.152. The van der Waals surface area contributed by atoms with Crippen molar-refractivity contribution in [1.82, 2.24) is 10.3 Å². The van der Waals surface area contributed by atoms with Crippen LogP contribution in [-0.2, 0) is 29.0 Å². The minimum absolute atomic E-state index is 0.0172. The van der Waals surface area contributed by atoms with Crippen LogP contribution in [0.1, 0.15) is 51.1 Å². The number of hydrogen-bond acceptors (Lipinski definition) is 8. The first-order chi connectivity index (χ1) is 16.4. The number of anilines is 1. The summed E-state index contributed by atoms with van der Waals surface area (Å²) in [5.41, 5.74) is 1.23. The first-order valence-electron chi connectivity index (χ1n) is 11.2. The third-order valence-corrected chi connectivity index (χ3v) is 8.24. The largest absolute Gasteiger partial charge is 0.461 e. The summed E-state index contributed by atoms with van der Waals surface area (Å²) in [5.74, 6) is -1.28. The molecule has 35 heavy (non-hydrogen) atoms. The maximum absolute atomic E-state index is 12.6. The number of amides is 2. The molecule has 0 aliphatic heterocycles. The highest BCUT2D eigenvalue weighted by Gasteiger charge is 2.27. The molecule has 1 aromatic heterocycles. The lowest BCUT2D eigenvalue weighted by Crippen LogP contribution is -2.42. The van der Waals surface area contributed by atoms with Gasteiger partial charge in [-0.25, -0.2) is 18.2 Å². The Morgan fingerprint density at radius 1 is 1.26 bits per heavy atom. The van der Waals surface area contributed by atoms with Gasteiger partial charge in [-0.3, -0.25) is 9.59 Å². The van der Waals surface area contributed by atoms with Crippen molar-refractivity contribution in [3.8, 4) is 10.4 Å². The lowest BCUT2D eigenvalue weighted by atomic mass is 10.1. The predicted molar refractivity (Wildman–Crippen MR) is 134 cm³/mol. The Labute approximate surface area is 213 Å². The molecule has 0 spiro atoms. The summed E-state index contributed by atoms with van der Waals surface area (Å²) in [7, 11) is -3.51. The number of benzene rings is 1. The quantitative estimate of drug-likeness (QED) is 0.460.